The number of rotatable bonds is 24. The highest BCUT2D eigenvalue weighted by atomic mass is 31.2. The quantitative estimate of drug-likeness (QED) is 0.0222. The van der Waals surface area contributed by atoms with Crippen LogP contribution in [0.2, 0.25) is 0 Å². The van der Waals surface area contributed by atoms with Gasteiger partial charge in [-0.2, -0.15) is 5.26 Å². The molecule has 10 rings (SSSR count). The average Bonchev–Trinajstić information content (AvgIpc) is 1.41. The largest absolute Gasteiger partial charge is 0.497 e. The van der Waals surface area contributed by atoms with Crippen molar-refractivity contribution in [2.75, 3.05) is 40.6 Å². The standard InChI is InChI=1S/C71H94N5O11P/c1-46(2)18-15-19-49(7)59-33-34-60-58-32-27-54-42-57(35-37-68(54,8)61(58)36-38-69(59,60)9)85-67(79)73-40-16-20-50-43-75(66(78)74-64(50)77)65-62-63(87-88(84-41-17-39-72)76(47(3)4)48(5)6)70(86-65,44-82-62)45-83-71(51-21-13-12-14-22-51,52-23-28-55(80-10)29-24-52)53-25-30-56(81-11)31-26-53/h12-14,21-31,43,46-49,57-63,65H,15,17-19,32-38,40-42,44-45H2,1-11H3,(H,73,79)(H,74,77,78)/t49?,57?,58-,59+,60-,61-,62-,63+,65+,68-,69+,70-,88?/m0/s1. The number of alkyl carbamates (subject to hydrolysis) is 1. The van der Waals surface area contributed by atoms with Gasteiger partial charge in [0.25, 0.3) is 14.1 Å². The van der Waals surface area contributed by atoms with Crippen molar-refractivity contribution in [1.82, 2.24) is 19.5 Å². The maximum atomic E-state index is 14.1. The summed E-state index contributed by atoms with van der Waals surface area (Å²) >= 11 is 0. The molecule has 5 fully saturated rings. The van der Waals surface area contributed by atoms with Crippen molar-refractivity contribution in [3.8, 4) is 29.4 Å². The molecular formula is C71H94N5O11P. The lowest BCUT2D eigenvalue weighted by Gasteiger charge is -2.58. The lowest BCUT2D eigenvalue weighted by molar-refractivity contribution is -0.203. The van der Waals surface area contributed by atoms with Crippen LogP contribution < -0.4 is 26.0 Å². The number of fused-ring (bicyclic) bond motifs is 7. The van der Waals surface area contributed by atoms with Gasteiger partial charge in [-0.15, -0.1) is 0 Å². The molecule has 4 aromatic rings. The number of methoxy groups -OCH3 is 2. The molecule has 2 N–H and O–H groups in total. The van der Waals surface area contributed by atoms with Gasteiger partial charge in [-0.3, -0.25) is 14.3 Å². The Balaban J connectivity index is 0.869. The highest BCUT2D eigenvalue weighted by Gasteiger charge is 2.66. The Morgan fingerprint density at radius 2 is 1.56 bits per heavy atom. The van der Waals surface area contributed by atoms with Crippen molar-refractivity contribution < 1.29 is 42.3 Å². The summed E-state index contributed by atoms with van der Waals surface area (Å²) in [4.78, 5) is 43.6. The zero-order valence-electron chi connectivity index (χ0n) is 53.7. The summed E-state index contributed by atoms with van der Waals surface area (Å²) in [6.45, 7) is 20.5. The van der Waals surface area contributed by atoms with Crippen LogP contribution in [0.25, 0.3) is 0 Å². The van der Waals surface area contributed by atoms with Gasteiger partial charge < -0.3 is 42.8 Å². The first-order chi connectivity index (χ1) is 42.3. The second kappa shape index (κ2) is 27.7. The summed E-state index contributed by atoms with van der Waals surface area (Å²) in [5.74, 6) is 11.7. The van der Waals surface area contributed by atoms with Crippen LogP contribution in [0, 0.1) is 69.5 Å². The van der Waals surface area contributed by atoms with Gasteiger partial charge in [0.1, 0.15) is 46.6 Å². The number of nitriles is 1. The van der Waals surface area contributed by atoms with Crippen LogP contribution in [-0.4, -0.2) is 96.9 Å². The monoisotopic (exact) mass is 1220 g/mol. The number of nitrogens with one attached hydrogen (secondary N) is 2. The number of aromatic nitrogens is 2. The number of ether oxygens (including phenoxy) is 6. The van der Waals surface area contributed by atoms with E-state index in [1.165, 1.54) is 61.3 Å². The average molecular weight is 1220 g/mol. The molecule has 3 saturated carbocycles. The number of aromatic amines is 1. The number of benzene rings is 3. The van der Waals surface area contributed by atoms with Crippen LogP contribution in [0.3, 0.4) is 0 Å². The zero-order valence-corrected chi connectivity index (χ0v) is 54.6. The fourth-order valence-corrected chi connectivity index (χ4v) is 18.3. The van der Waals surface area contributed by atoms with E-state index in [1.807, 2.05) is 78.9 Å². The number of nitrogens with zero attached hydrogens (tertiary/aromatic N) is 3. The molecule has 13 atom stereocenters. The zero-order chi connectivity index (χ0) is 62.5. The molecule has 3 heterocycles. The topological polar surface area (TPSA) is 185 Å². The van der Waals surface area contributed by atoms with Crippen molar-refractivity contribution >= 4 is 14.6 Å². The lowest BCUT2D eigenvalue weighted by Crippen LogP contribution is -2.51. The molecular weight excluding hydrogens is 1130 g/mol. The predicted molar refractivity (Wildman–Crippen MR) is 340 cm³/mol. The SMILES string of the molecule is COc1ccc(C(OC[C@]23CO[C@H]([C@H](n4cc(C#CCNC(=O)OC5CC[C@@]6(C)C(=CC[C@H]7[C@@H]8CC[C@H](C(C)CCCC(C)C)[C@@]8(C)CC[C@@H]76)C5)c(=O)[nH]c4=O)O2)[C@H]3OP(OCCC#N)N(C(C)C)C(C)C)(c2ccccc2)c2ccc(OC)cc2)cc1. The van der Waals surface area contributed by atoms with E-state index in [-0.39, 0.29) is 62.0 Å². The second-order valence-electron chi connectivity index (χ2n) is 27.1. The maximum absolute atomic E-state index is 14.1. The van der Waals surface area contributed by atoms with E-state index >= 15 is 0 Å². The van der Waals surface area contributed by atoms with Crippen LogP contribution in [0.1, 0.15) is 168 Å². The fraction of sp³-hybridized carbons (Fsp3) is 0.606. The smallest absolute Gasteiger partial charge is 0.408 e. The molecule has 2 bridgehead atoms. The predicted octanol–water partition coefficient (Wildman–Crippen LogP) is 13.4. The molecule has 3 aromatic carbocycles. The maximum Gasteiger partial charge on any atom is 0.408 e. The summed E-state index contributed by atoms with van der Waals surface area (Å²) in [6.07, 6.45) is 13.3. The fourth-order valence-electron chi connectivity index (χ4n) is 16.5. The first kappa shape index (κ1) is 65.2. The Hall–Kier alpha value is -5.81. The number of allylic oxidation sites excluding steroid dienone is 1. The van der Waals surface area contributed by atoms with E-state index in [2.05, 4.69) is 101 Å². The summed E-state index contributed by atoms with van der Waals surface area (Å²) in [6, 6.07) is 27.4. The summed E-state index contributed by atoms with van der Waals surface area (Å²) in [7, 11) is 1.37. The normalized spacial score (nSPS) is 28.7. The minimum Gasteiger partial charge on any atom is -0.497 e. The molecule has 474 valence electrons. The Morgan fingerprint density at radius 1 is 0.875 bits per heavy atom. The number of H-pyrrole nitrogens is 1. The van der Waals surface area contributed by atoms with Crippen LogP contribution in [-0.2, 0) is 33.6 Å². The van der Waals surface area contributed by atoms with E-state index in [0.717, 1.165) is 72.0 Å². The van der Waals surface area contributed by atoms with Gasteiger partial charge in [0.15, 0.2) is 6.23 Å². The van der Waals surface area contributed by atoms with Gasteiger partial charge in [-0.05, 0) is 160 Å². The van der Waals surface area contributed by atoms with E-state index in [4.69, 9.17) is 37.5 Å². The molecule has 3 unspecified atom stereocenters. The molecule has 1 aromatic heterocycles. The van der Waals surface area contributed by atoms with Crippen molar-refractivity contribution in [3.63, 3.8) is 0 Å². The molecule has 0 radical (unpaired) electrons. The highest BCUT2D eigenvalue weighted by molar-refractivity contribution is 7.44. The molecule has 6 aliphatic rings. The number of amides is 1. The van der Waals surface area contributed by atoms with Crippen molar-refractivity contribution in [3.05, 3.63) is 140 Å². The summed E-state index contributed by atoms with van der Waals surface area (Å²) < 4.78 is 55.7. The van der Waals surface area contributed by atoms with Crippen LogP contribution in [0.5, 0.6) is 11.5 Å². The molecule has 16 nitrogen and oxygen atoms in total. The molecule has 88 heavy (non-hydrogen) atoms. The van der Waals surface area contributed by atoms with Crippen LogP contribution in [0.4, 0.5) is 4.79 Å². The van der Waals surface area contributed by atoms with E-state index < -0.39 is 55.5 Å². The lowest BCUT2D eigenvalue weighted by atomic mass is 9.47. The third-order valence-corrected chi connectivity index (χ3v) is 23.0. The Bertz CT molecular complexity index is 3240. The van der Waals surface area contributed by atoms with Gasteiger partial charge in [-0.1, -0.05) is 132 Å². The van der Waals surface area contributed by atoms with Crippen molar-refractivity contribution in [1.29, 1.82) is 5.26 Å². The van der Waals surface area contributed by atoms with Gasteiger partial charge >= 0.3 is 11.8 Å². The van der Waals surface area contributed by atoms with E-state index in [0.29, 0.717) is 22.8 Å². The third kappa shape index (κ3) is 13.1. The number of hydrogen-bond acceptors (Lipinski definition) is 13. The molecule has 4 aliphatic carbocycles. The highest BCUT2D eigenvalue weighted by Crippen LogP contribution is 2.68. The minimum atomic E-state index is -1.88. The Kier molecular flexibility index (Phi) is 20.5. The second-order valence-corrected chi connectivity index (χ2v) is 28.5. The molecule has 2 saturated heterocycles. The molecule has 2 aliphatic heterocycles. The first-order valence-electron chi connectivity index (χ1n) is 32.3. The number of hydrogen-bond donors (Lipinski definition) is 2. The van der Waals surface area contributed by atoms with Crippen LogP contribution in [0.15, 0.2) is 106 Å². The minimum absolute atomic E-state index is 0.00360. The Morgan fingerprint density at radius 3 is 2.20 bits per heavy atom. The van der Waals surface area contributed by atoms with E-state index in [1.54, 1.807) is 14.2 Å². The third-order valence-electron chi connectivity index (χ3n) is 20.9. The summed E-state index contributed by atoms with van der Waals surface area (Å²) in [5, 5.41) is 12.4. The van der Waals surface area contributed by atoms with Crippen molar-refractivity contribution in [2.45, 2.75) is 187 Å². The van der Waals surface area contributed by atoms with Gasteiger partial charge in [0, 0.05) is 24.7 Å². The number of carbonyl (C=O) groups is 1. The number of carbonyl (C=O) groups excluding carboxylic acids is 1. The summed E-state index contributed by atoms with van der Waals surface area (Å²) in [5.41, 5.74) is 0.248. The van der Waals surface area contributed by atoms with E-state index in [9.17, 15) is 19.6 Å². The molecule has 0 spiro atoms. The van der Waals surface area contributed by atoms with Crippen molar-refractivity contribution in [2.24, 2.45) is 46.3 Å². The van der Waals surface area contributed by atoms with Gasteiger partial charge in [0.2, 0.25) is 0 Å². The van der Waals surface area contributed by atoms with Gasteiger partial charge in [-0.25, -0.2) is 14.3 Å². The van der Waals surface area contributed by atoms with Gasteiger partial charge in [0.05, 0.1) is 53.1 Å². The molecule has 17 heteroatoms. The Labute approximate surface area is 522 Å². The molecule has 1 amide bonds. The first-order valence-corrected chi connectivity index (χ1v) is 33.4. The van der Waals surface area contributed by atoms with Crippen LogP contribution >= 0.6 is 8.53 Å².